The number of amides is 1. The zero-order valence-electron chi connectivity index (χ0n) is 7.83. The number of Topliss-reactive ketones (excluding diaryl/α,β-unsaturated/α-hetero) is 1. The van der Waals surface area contributed by atoms with E-state index in [1.165, 1.54) is 4.90 Å². The molecular formula is C8H16N2O2. The molecule has 0 aromatic heterocycles. The molecule has 0 aliphatic rings. The molecule has 2 N–H and O–H groups in total. The van der Waals surface area contributed by atoms with Crippen LogP contribution in [0.5, 0.6) is 0 Å². The maximum absolute atomic E-state index is 11.1. The lowest BCUT2D eigenvalue weighted by atomic mass is 10.2. The van der Waals surface area contributed by atoms with Crippen LogP contribution in [0.15, 0.2) is 0 Å². The van der Waals surface area contributed by atoms with Gasteiger partial charge in [0, 0.05) is 19.9 Å². The van der Waals surface area contributed by atoms with E-state index in [4.69, 9.17) is 5.73 Å². The van der Waals surface area contributed by atoms with Crippen LogP contribution in [0.4, 0.5) is 0 Å². The number of hydrogen-bond donors (Lipinski definition) is 1. The first kappa shape index (κ1) is 11.1. The Kier molecular flexibility index (Phi) is 4.51. The molecule has 0 radical (unpaired) electrons. The summed E-state index contributed by atoms with van der Waals surface area (Å²) in [5.74, 6) is -0.219. The summed E-state index contributed by atoms with van der Waals surface area (Å²) >= 11 is 0. The van der Waals surface area contributed by atoms with E-state index in [1.54, 1.807) is 20.9 Å². The van der Waals surface area contributed by atoms with Gasteiger partial charge in [0.1, 0.15) is 6.17 Å². The molecule has 0 bridgehead atoms. The van der Waals surface area contributed by atoms with E-state index in [-0.39, 0.29) is 11.7 Å². The normalized spacial score (nSPS) is 12.3. The topological polar surface area (TPSA) is 63.4 Å². The van der Waals surface area contributed by atoms with Crippen molar-refractivity contribution in [2.45, 2.75) is 32.9 Å². The van der Waals surface area contributed by atoms with E-state index in [0.29, 0.717) is 12.8 Å². The van der Waals surface area contributed by atoms with E-state index in [0.717, 1.165) is 0 Å². The zero-order valence-corrected chi connectivity index (χ0v) is 7.83. The smallest absolute Gasteiger partial charge is 0.223 e. The quantitative estimate of drug-likeness (QED) is 0.612. The van der Waals surface area contributed by atoms with E-state index < -0.39 is 6.17 Å². The number of nitrogens with zero attached hydrogens (tertiary/aromatic N) is 1. The molecule has 0 aromatic carbocycles. The summed E-state index contributed by atoms with van der Waals surface area (Å²) in [5, 5.41) is 0. The maximum Gasteiger partial charge on any atom is 0.223 e. The Labute approximate surface area is 72.7 Å². The van der Waals surface area contributed by atoms with Gasteiger partial charge in [-0.25, -0.2) is 0 Å². The van der Waals surface area contributed by atoms with Gasteiger partial charge in [0.2, 0.25) is 5.91 Å². The zero-order chi connectivity index (χ0) is 9.72. The molecule has 1 atom stereocenters. The average Bonchev–Trinajstić information content (AvgIpc) is 2.12. The Morgan fingerprint density at radius 3 is 2.17 bits per heavy atom. The van der Waals surface area contributed by atoms with Crippen molar-refractivity contribution in [1.82, 2.24) is 4.90 Å². The van der Waals surface area contributed by atoms with Gasteiger partial charge >= 0.3 is 0 Å². The summed E-state index contributed by atoms with van der Waals surface area (Å²) in [6, 6.07) is 0. The minimum atomic E-state index is -0.776. The Hall–Kier alpha value is -0.900. The van der Waals surface area contributed by atoms with E-state index in [2.05, 4.69) is 0 Å². The highest BCUT2D eigenvalue weighted by Crippen LogP contribution is 1.97. The van der Waals surface area contributed by atoms with Crippen LogP contribution in [0.25, 0.3) is 0 Å². The Bertz CT molecular complexity index is 160. The number of rotatable bonds is 4. The highest BCUT2D eigenvalue weighted by Gasteiger charge is 2.19. The van der Waals surface area contributed by atoms with Crippen LogP contribution in [0.3, 0.4) is 0 Å². The van der Waals surface area contributed by atoms with Crippen LogP contribution in [0, 0.1) is 0 Å². The van der Waals surface area contributed by atoms with Crippen molar-refractivity contribution >= 4 is 11.7 Å². The summed E-state index contributed by atoms with van der Waals surface area (Å²) in [4.78, 5) is 23.4. The molecule has 0 heterocycles. The number of carbonyl (C=O) groups is 2. The molecule has 0 fully saturated rings. The van der Waals surface area contributed by atoms with Gasteiger partial charge in [0.05, 0.1) is 0 Å². The van der Waals surface area contributed by atoms with Gasteiger partial charge < -0.3 is 10.6 Å². The van der Waals surface area contributed by atoms with Gasteiger partial charge in [0.25, 0.3) is 0 Å². The van der Waals surface area contributed by atoms with Crippen LogP contribution in [-0.4, -0.2) is 29.8 Å². The van der Waals surface area contributed by atoms with Crippen molar-refractivity contribution < 1.29 is 9.59 Å². The molecule has 12 heavy (non-hydrogen) atoms. The van der Waals surface area contributed by atoms with Crippen LogP contribution >= 0.6 is 0 Å². The first-order valence-corrected chi connectivity index (χ1v) is 4.08. The molecule has 1 unspecified atom stereocenters. The van der Waals surface area contributed by atoms with Gasteiger partial charge in [0.15, 0.2) is 5.78 Å². The van der Waals surface area contributed by atoms with Gasteiger partial charge in [-0.15, -0.1) is 0 Å². The number of ketones is 1. The Balaban J connectivity index is 4.18. The summed E-state index contributed by atoms with van der Waals surface area (Å²) in [7, 11) is 1.55. The fourth-order valence-corrected chi connectivity index (χ4v) is 0.830. The molecule has 0 spiro atoms. The lowest BCUT2D eigenvalue weighted by molar-refractivity contribution is -0.137. The lowest BCUT2D eigenvalue weighted by Crippen LogP contribution is -2.48. The molecule has 0 aromatic rings. The predicted molar refractivity (Wildman–Crippen MR) is 46.3 cm³/mol. The third-order valence-corrected chi connectivity index (χ3v) is 1.79. The second-order valence-electron chi connectivity index (χ2n) is 2.62. The molecule has 70 valence electrons. The number of nitrogens with two attached hydrogens (primary N) is 1. The minimum Gasteiger partial charge on any atom is -0.323 e. The van der Waals surface area contributed by atoms with Crippen LogP contribution in [-0.2, 0) is 9.59 Å². The fraction of sp³-hybridized carbons (Fsp3) is 0.750. The van der Waals surface area contributed by atoms with Crippen molar-refractivity contribution in [3.8, 4) is 0 Å². The molecule has 4 heteroatoms. The van der Waals surface area contributed by atoms with Crippen molar-refractivity contribution in [2.75, 3.05) is 7.05 Å². The largest absolute Gasteiger partial charge is 0.323 e. The first-order valence-electron chi connectivity index (χ1n) is 4.08. The van der Waals surface area contributed by atoms with Crippen LogP contribution in [0.2, 0.25) is 0 Å². The van der Waals surface area contributed by atoms with Gasteiger partial charge in [-0.1, -0.05) is 13.8 Å². The third-order valence-electron chi connectivity index (χ3n) is 1.79. The summed E-state index contributed by atoms with van der Waals surface area (Å²) in [6.45, 7) is 3.47. The lowest BCUT2D eigenvalue weighted by Gasteiger charge is -2.22. The van der Waals surface area contributed by atoms with Crippen molar-refractivity contribution in [3.05, 3.63) is 0 Å². The molecule has 0 saturated carbocycles. The van der Waals surface area contributed by atoms with E-state index in [9.17, 15) is 9.59 Å². The van der Waals surface area contributed by atoms with E-state index >= 15 is 0 Å². The molecular weight excluding hydrogens is 156 g/mol. The summed E-state index contributed by atoms with van der Waals surface area (Å²) in [5.41, 5.74) is 5.50. The number of hydrogen-bond acceptors (Lipinski definition) is 3. The fourth-order valence-electron chi connectivity index (χ4n) is 0.830. The highest BCUT2D eigenvalue weighted by atomic mass is 16.2. The monoisotopic (exact) mass is 172 g/mol. The molecule has 4 nitrogen and oxygen atoms in total. The minimum absolute atomic E-state index is 0.107. The van der Waals surface area contributed by atoms with Gasteiger partial charge in [-0.05, 0) is 0 Å². The summed E-state index contributed by atoms with van der Waals surface area (Å²) in [6.07, 6.45) is -0.0357. The highest BCUT2D eigenvalue weighted by molar-refractivity contribution is 5.88. The second kappa shape index (κ2) is 4.87. The van der Waals surface area contributed by atoms with Gasteiger partial charge in [-0.2, -0.15) is 0 Å². The molecule has 0 aliphatic carbocycles. The first-order chi connectivity index (χ1) is 5.54. The number of carbonyl (C=O) groups excluding carboxylic acids is 2. The molecule has 0 aliphatic heterocycles. The van der Waals surface area contributed by atoms with Crippen molar-refractivity contribution in [2.24, 2.45) is 5.73 Å². The van der Waals surface area contributed by atoms with Crippen molar-refractivity contribution in [3.63, 3.8) is 0 Å². The molecule has 0 saturated heterocycles. The number of likely N-dealkylation sites (N-methyl/N-ethyl adjacent to an activating group) is 1. The standard InChI is InChI=1S/C8H16N2O2/c1-4-6(11)8(9)10(3)7(12)5-2/h8H,4-5,9H2,1-3H3. The Morgan fingerprint density at radius 1 is 1.33 bits per heavy atom. The van der Waals surface area contributed by atoms with Crippen LogP contribution < -0.4 is 5.73 Å². The Morgan fingerprint density at radius 2 is 1.83 bits per heavy atom. The molecule has 1 amide bonds. The van der Waals surface area contributed by atoms with Crippen LogP contribution in [0.1, 0.15) is 26.7 Å². The van der Waals surface area contributed by atoms with Gasteiger partial charge in [-0.3, -0.25) is 9.59 Å². The average molecular weight is 172 g/mol. The predicted octanol–water partition coefficient (Wildman–Crippen LogP) is 0.119. The summed E-state index contributed by atoms with van der Waals surface area (Å²) < 4.78 is 0. The van der Waals surface area contributed by atoms with E-state index in [1.807, 2.05) is 0 Å². The second-order valence-corrected chi connectivity index (χ2v) is 2.62. The maximum atomic E-state index is 11.1. The SMILES string of the molecule is CCC(=O)C(N)N(C)C(=O)CC. The third kappa shape index (κ3) is 2.62. The van der Waals surface area contributed by atoms with Crippen molar-refractivity contribution in [1.29, 1.82) is 0 Å². The molecule has 0 rings (SSSR count).